The van der Waals surface area contributed by atoms with Gasteiger partial charge in [-0.05, 0) is 30.5 Å². The minimum Gasteiger partial charge on any atom is -0.298 e. The molecular formula is C11H15Cl2NS. The molecule has 1 fully saturated rings. The molecule has 0 amide bonds. The third kappa shape index (κ3) is 2.88. The van der Waals surface area contributed by atoms with Crippen molar-refractivity contribution in [2.24, 2.45) is 5.41 Å². The highest BCUT2D eigenvalue weighted by molar-refractivity contribution is 7.16. The van der Waals surface area contributed by atoms with Crippen molar-refractivity contribution in [3.63, 3.8) is 0 Å². The van der Waals surface area contributed by atoms with Gasteiger partial charge in [0.15, 0.2) is 0 Å². The number of hydrogen-bond acceptors (Lipinski definition) is 2. The quantitative estimate of drug-likeness (QED) is 0.749. The van der Waals surface area contributed by atoms with E-state index in [1.165, 1.54) is 11.3 Å². The first-order valence-electron chi connectivity index (χ1n) is 5.14. The van der Waals surface area contributed by atoms with Gasteiger partial charge in [0.1, 0.15) is 0 Å². The monoisotopic (exact) mass is 263 g/mol. The topological polar surface area (TPSA) is 3.24 Å². The van der Waals surface area contributed by atoms with Crippen molar-refractivity contribution in [3.05, 3.63) is 21.3 Å². The Balaban J connectivity index is 1.92. The molecule has 0 radical (unpaired) electrons. The van der Waals surface area contributed by atoms with Gasteiger partial charge in [-0.3, -0.25) is 4.90 Å². The molecule has 1 aliphatic rings. The van der Waals surface area contributed by atoms with E-state index in [9.17, 15) is 0 Å². The lowest BCUT2D eigenvalue weighted by Gasteiger charge is -2.21. The van der Waals surface area contributed by atoms with Crippen molar-refractivity contribution in [3.8, 4) is 0 Å². The molecule has 1 aromatic rings. The maximum Gasteiger partial charge on any atom is 0.0931 e. The molecular weight excluding hydrogens is 249 g/mol. The summed E-state index contributed by atoms with van der Waals surface area (Å²) in [7, 11) is 0. The lowest BCUT2D eigenvalue weighted by Crippen LogP contribution is -2.25. The van der Waals surface area contributed by atoms with Crippen molar-refractivity contribution in [2.75, 3.05) is 19.0 Å². The first-order valence-corrected chi connectivity index (χ1v) is 6.87. The fraction of sp³-hybridized carbons (Fsp3) is 0.636. The Bertz CT molecular complexity index is 339. The summed E-state index contributed by atoms with van der Waals surface area (Å²) < 4.78 is 0.879. The molecule has 84 valence electrons. The summed E-state index contributed by atoms with van der Waals surface area (Å²) in [6, 6.07) is 4.09. The largest absolute Gasteiger partial charge is 0.298 e. The molecule has 0 saturated carbocycles. The van der Waals surface area contributed by atoms with E-state index < -0.39 is 0 Å². The molecule has 1 unspecified atom stereocenters. The number of likely N-dealkylation sites (tertiary alicyclic amines) is 1. The highest BCUT2D eigenvalue weighted by atomic mass is 35.5. The van der Waals surface area contributed by atoms with E-state index in [0.29, 0.717) is 5.41 Å². The first kappa shape index (κ1) is 11.7. The van der Waals surface area contributed by atoms with Gasteiger partial charge in [0.2, 0.25) is 0 Å². The molecule has 2 rings (SSSR count). The van der Waals surface area contributed by atoms with Crippen molar-refractivity contribution >= 4 is 34.5 Å². The zero-order chi connectivity index (χ0) is 10.9. The average molecular weight is 264 g/mol. The van der Waals surface area contributed by atoms with Crippen LogP contribution in [0, 0.1) is 5.41 Å². The van der Waals surface area contributed by atoms with E-state index in [2.05, 4.69) is 17.9 Å². The number of thiophene rings is 1. The summed E-state index contributed by atoms with van der Waals surface area (Å²) >= 11 is 13.6. The van der Waals surface area contributed by atoms with Crippen LogP contribution in [-0.2, 0) is 6.54 Å². The van der Waals surface area contributed by atoms with Gasteiger partial charge in [-0.25, -0.2) is 0 Å². The van der Waals surface area contributed by atoms with E-state index >= 15 is 0 Å². The van der Waals surface area contributed by atoms with Gasteiger partial charge in [-0.1, -0.05) is 18.5 Å². The first-order chi connectivity index (χ1) is 7.11. The predicted octanol–water partition coefficient (Wildman–Crippen LogP) is 3.85. The van der Waals surface area contributed by atoms with E-state index in [1.54, 1.807) is 11.3 Å². The number of nitrogens with zero attached hydrogens (tertiary/aromatic N) is 1. The second kappa shape index (κ2) is 4.62. The summed E-state index contributed by atoms with van der Waals surface area (Å²) in [5, 5.41) is 0. The maximum absolute atomic E-state index is 5.98. The molecule has 0 aromatic carbocycles. The smallest absolute Gasteiger partial charge is 0.0931 e. The molecule has 1 atom stereocenters. The van der Waals surface area contributed by atoms with Gasteiger partial charge >= 0.3 is 0 Å². The Labute approximate surface area is 105 Å². The molecule has 15 heavy (non-hydrogen) atoms. The minimum absolute atomic E-state index is 0.308. The normalized spacial score (nSPS) is 27.4. The summed E-state index contributed by atoms with van der Waals surface area (Å²) in [5.41, 5.74) is 0.308. The number of alkyl halides is 1. The Morgan fingerprint density at radius 3 is 2.87 bits per heavy atom. The number of halogens is 2. The van der Waals surface area contributed by atoms with Crippen LogP contribution in [0.4, 0.5) is 0 Å². The maximum atomic E-state index is 5.98. The summed E-state index contributed by atoms with van der Waals surface area (Å²) in [5.74, 6) is 0.759. The van der Waals surface area contributed by atoms with Crippen LogP contribution in [0.1, 0.15) is 18.2 Å². The summed E-state index contributed by atoms with van der Waals surface area (Å²) in [6.07, 6.45) is 1.20. The number of rotatable bonds is 3. The van der Waals surface area contributed by atoms with Gasteiger partial charge in [0.25, 0.3) is 0 Å². The van der Waals surface area contributed by atoms with E-state index in [-0.39, 0.29) is 0 Å². The molecule has 2 heterocycles. The summed E-state index contributed by atoms with van der Waals surface area (Å²) in [6.45, 7) is 5.54. The van der Waals surface area contributed by atoms with Gasteiger partial charge in [-0.2, -0.15) is 0 Å². The Hall–Kier alpha value is 0.240. The molecule has 0 N–H and O–H groups in total. The van der Waals surface area contributed by atoms with Crippen LogP contribution >= 0.6 is 34.5 Å². The minimum atomic E-state index is 0.308. The Morgan fingerprint density at radius 2 is 2.33 bits per heavy atom. The molecule has 0 spiro atoms. The van der Waals surface area contributed by atoms with Crippen LogP contribution in [0.25, 0.3) is 0 Å². The highest BCUT2D eigenvalue weighted by Gasteiger charge is 2.32. The van der Waals surface area contributed by atoms with Crippen molar-refractivity contribution in [1.29, 1.82) is 0 Å². The van der Waals surface area contributed by atoms with Crippen LogP contribution in [0.2, 0.25) is 4.34 Å². The lowest BCUT2D eigenvalue weighted by atomic mass is 9.93. The Morgan fingerprint density at radius 1 is 1.53 bits per heavy atom. The van der Waals surface area contributed by atoms with Gasteiger partial charge in [0, 0.05) is 23.8 Å². The molecule has 0 bridgehead atoms. The number of hydrogen-bond donors (Lipinski definition) is 0. The van der Waals surface area contributed by atoms with Gasteiger partial charge < -0.3 is 0 Å². The van der Waals surface area contributed by atoms with Gasteiger partial charge in [0.05, 0.1) is 4.34 Å². The zero-order valence-electron chi connectivity index (χ0n) is 8.80. The van der Waals surface area contributed by atoms with Crippen LogP contribution < -0.4 is 0 Å². The van der Waals surface area contributed by atoms with Crippen molar-refractivity contribution < 1.29 is 0 Å². The molecule has 1 aromatic heterocycles. The Kier molecular flexibility index (Phi) is 3.61. The van der Waals surface area contributed by atoms with Crippen molar-refractivity contribution in [2.45, 2.75) is 19.9 Å². The second-order valence-corrected chi connectivity index (χ2v) is 6.68. The van der Waals surface area contributed by atoms with E-state index in [4.69, 9.17) is 23.2 Å². The zero-order valence-corrected chi connectivity index (χ0v) is 11.1. The lowest BCUT2D eigenvalue weighted by molar-refractivity contribution is 0.288. The van der Waals surface area contributed by atoms with Gasteiger partial charge in [-0.15, -0.1) is 22.9 Å². The second-order valence-electron chi connectivity index (χ2n) is 4.61. The third-order valence-corrected chi connectivity index (χ3v) is 4.83. The predicted molar refractivity (Wildman–Crippen MR) is 68.1 cm³/mol. The molecule has 1 aliphatic heterocycles. The van der Waals surface area contributed by atoms with Crippen molar-refractivity contribution in [1.82, 2.24) is 4.90 Å². The summed E-state index contributed by atoms with van der Waals surface area (Å²) in [4.78, 5) is 3.81. The molecule has 1 nitrogen and oxygen atoms in total. The average Bonchev–Trinajstić information content (AvgIpc) is 2.76. The molecule has 4 heteroatoms. The molecule has 1 saturated heterocycles. The third-order valence-electron chi connectivity index (χ3n) is 2.97. The SMILES string of the molecule is CC1(CCl)CCN(Cc2ccc(Cl)s2)C1. The fourth-order valence-corrected chi connectivity index (χ4v) is 3.38. The van der Waals surface area contributed by atoms with E-state index in [1.807, 2.05) is 6.07 Å². The van der Waals surface area contributed by atoms with Crippen LogP contribution in [0.5, 0.6) is 0 Å². The highest BCUT2D eigenvalue weighted by Crippen LogP contribution is 2.33. The van der Waals surface area contributed by atoms with E-state index in [0.717, 1.165) is 29.9 Å². The molecule has 0 aliphatic carbocycles. The van der Waals surface area contributed by atoms with Crippen LogP contribution in [0.3, 0.4) is 0 Å². The fourth-order valence-electron chi connectivity index (χ4n) is 2.03. The van der Waals surface area contributed by atoms with Crippen LogP contribution in [0.15, 0.2) is 12.1 Å². The van der Waals surface area contributed by atoms with Crippen LogP contribution in [-0.4, -0.2) is 23.9 Å². The standard InChI is InChI=1S/C11H15Cl2NS/c1-11(7-12)4-5-14(8-11)6-9-2-3-10(13)15-9/h2-3H,4-8H2,1H3.